The van der Waals surface area contributed by atoms with Crippen molar-refractivity contribution in [3.8, 4) is 44.8 Å². The normalized spacial score (nSPS) is 12.2. The van der Waals surface area contributed by atoms with E-state index < -0.39 is 0 Å². The summed E-state index contributed by atoms with van der Waals surface area (Å²) in [7, 11) is 0. The summed E-state index contributed by atoms with van der Waals surface area (Å²) >= 11 is 0. The van der Waals surface area contributed by atoms with Gasteiger partial charge in [-0.15, -0.1) is 0 Å². The molecule has 1 aliphatic rings. The van der Waals surface area contributed by atoms with Crippen molar-refractivity contribution in [1.82, 2.24) is 9.13 Å². The van der Waals surface area contributed by atoms with Crippen molar-refractivity contribution in [2.75, 3.05) is 0 Å². The van der Waals surface area contributed by atoms with E-state index in [4.69, 9.17) is 0 Å². The maximum atomic E-state index is 2.49. The van der Waals surface area contributed by atoms with Crippen molar-refractivity contribution in [3.63, 3.8) is 0 Å². The Kier molecular flexibility index (Phi) is 5.53. The van der Waals surface area contributed by atoms with Crippen LogP contribution in [0.25, 0.3) is 110 Å². The van der Waals surface area contributed by atoms with Crippen LogP contribution in [0.1, 0.15) is 0 Å². The molecule has 3 heterocycles. The molecule has 0 atom stereocenters. The highest BCUT2D eigenvalue weighted by Gasteiger charge is 2.25. The van der Waals surface area contributed by atoms with Gasteiger partial charge in [0.05, 0.1) is 33.4 Å². The minimum Gasteiger partial charge on any atom is -0.309 e. The van der Waals surface area contributed by atoms with Gasteiger partial charge in [-0.2, -0.15) is 0 Å². The molecule has 0 bridgehead atoms. The van der Waals surface area contributed by atoms with Crippen LogP contribution in [-0.2, 0) is 0 Å². The average Bonchev–Trinajstić information content (AvgIpc) is 3.68. The lowest BCUT2D eigenvalue weighted by molar-refractivity contribution is 1.19. The van der Waals surface area contributed by atoms with E-state index in [1.54, 1.807) is 0 Å². The zero-order valence-corrected chi connectivity index (χ0v) is 28.2. The molecule has 11 aromatic rings. The molecule has 2 heteroatoms. The molecule has 0 amide bonds. The molecule has 0 saturated carbocycles. The number of para-hydroxylation sites is 3. The number of benzene rings is 9. The Morgan fingerprint density at radius 2 is 0.827 bits per heavy atom. The van der Waals surface area contributed by atoms with Gasteiger partial charge in [0.2, 0.25) is 0 Å². The van der Waals surface area contributed by atoms with Gasteiger partial charge in [-0.1, -0.05) is 133 Å². The van der Waals surface area contributed by atoms with Gasteiger partial charge < -0.3 is 9.13 Å². The largest absolute Gasteiger partial charge is 0.309 e. The number of aromatic nitrogens is 2. The highest BCUT2D eigenvalue weighted by Crippen LogP contribution is 2.48. The molecule has 2 aromatic heterocycles. The summed E-state index contributed by atoms with van der Waals surface area (Å²) in [6.07, 6.45) is 0. The molecule has 9 aromatic carbocycles. The summed E-state index contributed by atoms with van der Waals surface area (Å²) in [6.45, 7) is 0. The number of hydrogen-bond acceptors (Lipinski definition) is 0. The van der Waals surface area contributed by atoms with E-state index in [0.29, 0.717) is 0 Å². The Bertz CT molecular complexity index is 3300. The van der Waals surface area contributed by atoms with E-state index in [1.165, 1.54) is 110 Å². The van der Waals surface area contributed by atoms with Gasteiger partial charge in [-0.25, -0.2) is 0 Å². The molecule has 52 heavy (non-hydrogen) atoms. The fourth-order valence-electron chi connectivity index (χ4n) is 9.20. The summed E-state index contributed by atoms with van der Waals surface area (Å²) in [4.78, 5) is 0. The molecule has 2 nitrogen and oxygen atoms in total. The van der Waals surface area contributed by atoms with Crippen LogP contribution in [-0.4, -0.2) is 9.13 Å². The quantitative estimate of drug-likeness (QED) is 0.164. The first-order valence-corrected chi connectivity index (χ1v) is 18.0. The van der Waals surface area contributed by atoms with Crippen molar-refractivity contribution >= 4 is 65.2 Å². The molecule has 0 saturated heterocycles. The second-order valence-electron chi connectivity index (χ2n) is 14.1. The molecule has 1 aliphatic heterocycles. The van der Waals surface area contributed by atoms with Crippen molar-refractivity contribution in [1.29, 1.82) is 0 Å². The van der Waals surface area contributed by atoms with Gasteiger partial charge in [-0.05, 0) is 86.9 Å². The van der Waals surface area contributed by atoms with Crippen LogP contribution in [0, 0.1) is 0 Å². The SMILES string of the molecule is c1ccc2c(c1)-c1ccccc1-n1c3ccccc3c3cc(-c4ccc5c(c4)c4ccccc4n5-c4cc5ccccc5c5ccccc45)cc-2c31. The Morgan fingerprint density at radius 1 is 0.269 bits per heavy atom. The maximum Gasteiger partial charge on any atom is 0.0620 e. The fraction of sp³-hybridized carbons (Fsp3) is 0. The van der Waals surface area contributed by atoms with Crippen LogP contribution in [0.2, 0.25) is 0 Å². The summed E-state index contributed by atoms with van der Waals surface area (Å²) < 4.78 is 4.96. The first kappa shape index (κ1) is 27.9. The van der Waals surface area contributed by atoms with Gasteiger partial charge in [-0.3, -0.25) is 0 Å². The number of hydrogen-bond donors (Lipinski definition) is 0. The van der Waals surface area contributed by atoms with Crippen LogP contribution < -0.4 is 0 Å². The number of nitrogens with zero attached hydrogens (tertiary/aromatic N) is 2. The molecule has 0 unspecified atom stereocenters. The average molecular weight is 659 g/mol. The number of rotatable bonds is 2. The Balaban J connectivity index is 1.16. The van der Waals surface area contributed by atoms with Crippen molar-refractivity contribution in [2.24, 2.45) is 0 Å². The van der Waals surface area contributed by atoms with E-state index in [2.05, 4.69) is 191 Å². The second kappa shape index (κ2) is 10.3. The monoisotopic (exact) mass is 658 g/mol. The summed E-state index contributed by atoms with van der Waals surface area (Å²) in [5.74, 6) is 0. The van der Waals surface area contributed by atoms with Gasteiger partial charge in [0.1, 0.15) is 0 Å². The standard InChI is InChI=1S/C50H30N2/c1-2-14-34-32(13-1)30-49(39-19-6-5-15-35(34)39)51-45-22-10-8-20-40(45)42-27-31(25-26-48(42)51)33-28-43-37-17-4-3-16-36(37)38-18-7-11-23-46(38)52-47-24-12-9-21-41(47)44(29-33)50(43)52/h1-30H. The summed E-state index contributed by atoms with van der Waals surface area (Å²) in [5, 5.41) is 10.1. The van der Waals surface area contributed by atoms with Crippen LogP contribution in [0.3, 0.4) is 0 Å². The molecule has 0 aliphatic carbocycles. The summed E-state index contributed by atoms with van der Waals surface area (Å²) in [5.41, 5.74) is 14.9. The van der Waals surface area contributed by atoms with E-state index in [-0.39, 0.29) is 0 Å². The third-order valence-corrected chi connectivity index (χ3v) is 11.4. The molecular formula is C50H30N2. The lowest BCUT2D eigenvalue weighted by Crippen LogP contribution is -1.96. The lowest BCUT2D eigenvalue weighted by atomic mass is 9.91. The van der Waals surface area contributed by atoms with Crippen LogP contribution in [0.15, 0.2) is 182 Å². The van der Waals surface area contributed by atoms with Gasteiger partial charge in [0.15, 0.2) is 0 Å². The number of fused-ring (bicyclic) bond motifs is 14. The summed E-state index contributed by atoms with van der Waals surface area (Å²) in [6, 6.07) is 67.4. The van der Waals surface area contributed by atoms with E-state index in [1.807, 2.05) is 0 Å². The van der Waals surface area contributed by atoms with Crippen LogP contribution >= 0.6 is 0 Å². The molecule has 240 valence electrons. The second-order valence-corrected chi connectivity index (χ2v) is 14.1. The molecule has 12 rings (SSSR count). The lowest BCUT2D eigenvalue weighted by Gasteiger charge is -2.14. The third-order valence-electron chi connectivity index (χ3n) is 11.4. The minimum absolute atomic E-state index is 1.21. The van der Waals surface area contributed by atoms with E-state index in [9.17, 15) is 0 Å². The molecule has 0 N–H and O–H groups in total. The Morgan fingerprint density at radius 3 is 1.63 bits per heavy atom. The molecule has 0 radical (unpaired) electrons. The topological polar surface area (TPSA) is 9.86 Å². The van der Waals surface area contributed by atoms with Crippen LogP contribution in [0.5, 0.6) is 0 Å². The first-order chi connectivity index (χ1) is 25.8. The van der Waals surface area contributed by atoms with E-state index in [0.717, 1.165) is 0 Å². The van der Waals surface area contributed by atoms with Gasteiger partial charge in [0, 0.05) is 38.1 Å². The zero-order valence-electron chi connectivity index (χ0n) is 28.2. The third kappa shape index (κ3) is 3.68. The van der Waals surface area contributed by atoms with Crippen molar-refractivity contribution in [3.05, 3.63) is 182 Å². The maximum absolute atomic E-state index is 2.49. The van der Waals surface area contributed by atoms with Crippen LogP contribution in [0.4, 0.5) is 0 Å². The molecule has 0 fully saturated rings. The van der Waals surface area contributed by atoms with Crippen molar-refractivity contribution < 1.29 is 0 Å². The highest BCUT2D eigenvalue weighted by molar-refractivity contribution is 6.19. The predicted octanol–water partition coefficient (Wildman–Crippen LogP) is 13.5. The predicted molar refractivity (Wildman–Crippen MR) is 220 cm³/mol. The Labute approximate surface area is 300 Å². The first-order valence-electron chi connectivity index (χ1n) is 18.0. The molecule has 0 spiro atoms. The fourth-order valence-corrected chi connectivity index (χ4v) is 9.20. The molecular weight excluding hydrogens is 629 g/mol. The Hall–Kier alpha value is -6.90. The zero-order chi connectivity index (χ0) is 33.9. The van der Waals surface area contributed by atoms with E-state index >= 15 is 0 Å². The highest BCUT2D eigenvalue weighted by atomic mass is 15.0. The smallest absolute Gasteiger partial charge is 0.0620 e. The van der Waals surface area contributed by atoms with Gasteiger partial charge in [0.25, 0.3) is 0 Å². The minimum atomic E-state index is 1.21. The van der Waals surface area contributed by atoms with Gasteiger partial charge >= 0.3 is 0 Å². The van der Waals surface area contributed by atoms with Crippen molar-refractivity contribution in [2.45, 2.75) is 0 Å².